The molecule has 1 N–H and O–H groups in total. The van der Waals surface area contributed by atoms with Gasteiger partial charge in [0.05, 0.1) is 5.03 Å². The van der Waals surface area contributed by atoms with Crippen LogP contribution in [0.2, 0.25) is 0 Å². The number of carbonyl (C=O) groups excluding carboxylic acids is 1. The van der Waals surface area contributed by atoms with E-state index in [9.17, 15) is 9.59 Å². The summed E-state index contributed by atoms with van der Waals surface area (Å²) in [5.41, 5.74) is 1.96. The van der Waals surface area contributed by atoms with Gasteiger partial charge in [0.1, 0.15) is 0 Å². The van der Waals surface area contributed by atoms with E-state index in [2.05, 4.69) is 17.1 Å². The number of benzene rings is 2. The zero-order chi connectivity index (χ0) is 17.2. The molecule has 2 aromatic carbocycles. The zero-order valence-electron chi connectivity index (χ0n) is 13.5. The summed E-state index contributed by atoms with van der Waals surface area (Å²) in [7, 11) is 0. The van der Waals surface area contributed by atoms with Gasteiger partial charge in [-0.15, -0.1) is 11.8 Å². The number of aromatic amines is 1. The van der Waals surface area contributed by atoms with Crippen LogP contribution in [0.15, 0.2) is 70.5 Å². The summed E-state index contributed by atoms with van der Waals surface area (Å²) in [6.07, 6.45) is 1.35. The topological polar surface area (TPSA) is 49.9 Å². The number of Topliss-reactive ketones (excluding diaryl/α,β-unsaturated/α-hetero) is 1. The molecule has 4 rings (SSSR count). The molecular weight excluding hydrogens is 350 g/mol. The molecule has 0 spiro atoms. The molecule has 5 heteroatoms. The van der Waals surface area contributed by atoms with Gasteiger partial charge < -0.3 is 4.98 Å². The lowest BCUT2D eigenvalue weighted by molar-refractivity contribution is 0.0981. The molecule has 0 radical (unpaired) electrons. The molecule has 25 heavy (non-hydrogen) atoms. The monoisotopic (exact) mass is 367 g/mol. The third-order valence-corrected chi connectivity index (χ3v) is 6.83. The molecule has 2 atom stereocenters. The second-order valence-electron chi connectivity index (χ2n) is 6.14. The quantitative estimate of drug-likeness (QED) is 0.680. The standard InChI is InChI=1S/C20H17NO2S2/c22-17(14-9-5-2-6-10-14)12-15-11-16(13-7-3-1-4-8-13)18-19(24-15)21-20(23)25-18/h1-10,15-16H,11-12H2,(H,21,23)/t15-,16-/m0/s1. The highest BCUT2D eigenvalue weighted by atomic mass is 32.2. The van der Waals surface area contributed by atoms with Crippen LogP contribution in [0.25, 0.3) is 0 Å². The van der Waals surface area contributed by atoms with E-state index in [4.69, 9.17) is 0 Å². The molecule has 0 aliphatic carbocycles. The molecule has 1 aromatic heterocycles. The minimum atomic E-state index is -0.0199. The summed E-state index contributed by atoms with van der Waals surface area (Å²) in [6.45, 7) is 0. The first-order valence-corrected chi connectivity index (χ1v) is 9.93. The van der Waals surface area contributed by atoms with Crippen molar-refractivity contribution < 1.29 is 4.79 Å². The van der Waals surface area contributed by atoms with E-state index < -0.39 is 0 Å². The van der Waals surface area contributed by atoms with E-state index in [-0.39, 0.29) is 21.8 Å². The maximum Gasteiger partial charge on any atom is 0.305 e. The average Bonchev–Trinajstić information content (AvgIpc) is 3.02. The molecular formula is C20H17NO2S2. The van der Waals surface area contributed by atoms with Crippen molar-refractivity contribution in [3.63, 3.8) is 0 Å². The number of thiazole rings is 1. The molecule has 3 aromatic rings. The van der Waals surface area contributed by atoms with Crippen LogP contribution in [0.3, 0.4) is 0 Å². The highest BCUT2D eigenvalue weighted by Crippen LogP contribution is 2.46. The van der Waals surface area contributed by atoms with Crippen molar-refractivity contribution >= 4 is 28.9 Å². The lowest BCUT2D eigenvalue weighted by Crippen LogP contribution is -2.19. The second kappa shape index (κ2) is 7.02. The molecule has 0 bridgehead atoms. The van der Waals surface area contributed by atoms with Crippen molar-refractivity contribution in [1.29, 1.82) is 0 Å². The van der Waals surface area contributed by atoms with Crippen molar-refractivity contribution in [1.82, 2.24) is 4.98 Å². The minimum absolute atomic E-state index is 0.0199. The Kier molecular flexibility index (Phi) is 4.59. The molecule has 3 nitrogen and oxygen atoms in total. The van der Waals surface area contributed by atoms with Crippen LogP contribution in [0, 0.1) is 0 Å². The van der Waals surface area contributed by atoms with Gasteiger partial charge in [0.2, 0.25) is 0 Å². The number of thioether (sulfide) groups is 1. The van der Waals surface area contributed by atoms with Crippen LogP contribution in [0.1, 0.15) is 39.6 Å². The largest absolute Gasteiger partial charge is 0.307 e. The summed E-state index contributed by atoms with van der Waals surface area (Å²) in [5.74, 6) is 0.334. The zero-order valence-corrected chi connectivity index (χ0v) is 15.1. The lowest BCUT2D eigenvalue weighted by atomic mass is 9.90. The molecule has 1 aliphatic heterocycles. The first-order valence-electron chi connectivity index (χ1n) is 8.23. The van der Waals surface area contributed by atoms with Gasteiger partial charge in [-0.05, 0) is 12.0 Å². The van der Waals surface area contributed by atoms with Gasteiger partial charge >= 0.3 is 4.87 Å². The van der Waals surface area contributed by atoms with Crippen LogP contribution in [-0.4, -0.2) is 16.0 Å². The Hall–Kier alpha value is -2.11. The van der Waals surface area contributed by atoms with Gasteiger partial charge in [-0.3, -0.25) is 9.59 Å². The minimum Gasteiger partial charge on any atom is -0.307 e. The Bertz CT molecular complexity index is 931. The third-order valence-electron chi connectivity index (χ3n) is 4.45. The van der Waals surface area contributed by atoms with Crippen molar-refractivity contribution in [3.05, 3.63) is 86.3 Å². The van der Waals surface area contributed by atoms with Crippen LogP contribution in [0.5, 0.6) is 0 Å². The number of H-pyrrole nitrogens is 1. The van der Waals surface area contributed by atoms with Gasteiger partial charge in [-0.25, -0.2) is 0 Å². The Labute approximate surface area is 154 Å². The SMILES string of the molecule is O=C(C[C@@H]1C[C@@H](c2ccccc2)c2sc(=O)[nH]c2S1)c1ccccc1. The van der Waals surface area contributed by atoms with Crippen molar-refractivity contribution in [2.45, 2.75) is 29.0 Å². The second-order valence-corrected chi connectivity index (χ2v) is 8.47. The van der Waals surface area contributed by atoms with E-state index in [1.807, 2.05) is 48.5 Å². The van der Waals surface area contributed by atoms with Crippen LogP contribution in [0.4, 0.5) is 0 Å². The van der Waals surface area contributed by atoms with Crippen LogP contribution < -0.4 is 4.87 Å². The van der Waals surface area contributed by atoms with E-state index in [1.165, 1.54) is 16.9 Å². The maximum absolute atomic E-state index is 12.6. The predicted octanol–water partition coefficient (Wildman–Crippen LogP) is 4.71. The fourth-order valence-electron chi connectivity index (χ4n) is 3.27. The van der Waals surface area contributed by atoms with Gasteiger partial charge in [-0.2, -0.15) is 0 Å². The van der Waals surface area contributed by atoms with Gasteiger partial charge in [0.15, 0.2) is 5.78 Å². The first-order chi connectivity index (χ1) is 12.2. The van der Waals surface area contributed by atoms with Gasteiger partial charge in [-0.1, -0.05) is 72.0 Å². The fraction of sp³-hybridized carbons (Fsp3) is 0.200. The number of aromatic nitrogens is 1. The van der Waals surface area contributed by atoms with Crippen molar-refractivity contribution in [3.8, 4) is 0 Å². The summed E-state index contributed by atoms with van der Waals surface area (Å²) in [6, 6.07) is 19.7. The number of fused-ring (bicyclic) bond motifs is 1. The average molecular weight is 367 g/mol. The third kappa shape index (κ3) is 3.48. The van der Waals surface area contributed by atoms with Gasteiger partial charge in [0, 0.05) is 28.0 Å². The Morgan fingerprint density at radius 3 is 2.44 bits per heavy atom. The summed E-state index contributed by atoms with van der Waals surface area (Å²) in [4.78, 5) is 28.5. The number of ketones is 1. The van der Waals surface area contributed by atoms with Crippen molar-refractivity contribution in [2.75, 3.05) is 0 Å². The number of nitrogens with one attached hydrogen (secondary N) is 1. The number of hydrogen-bond donors (Lipinski definition) is 1. The van der Waals surface area contributed by atoms with Crippen LogP contribution >= 0.6 is 23.1 Å². The Balaban J connectivity index is 1.61. The van der Waals surface area contributed by atoms with Gasteiger partial charge in [0.25, 0.3) is 0 Å². The van der Waals surface area contributed by atoms with E-state index in [0.717, 1.165) is 21.9 Å². The van der Waals surface area contributed by atoms with E-state index in [1.54, 1.807) is 11.8 Å². The Morgan fingerprint density at radius 2 is 1.72 bits per heavy atom. The number of rotatable bonds is 4. The highest BCUT2D eigenvalue weighted by Gasteiger charge is 2.32. The lowest BCUT2D eigenvalue weighted by Gasteiger charge is -2.28. The van der Waals surface area contributed by atoms with Crippen LogP contribution in [-0.2, 0) is 0 Å². The molecule has 1 aliphatic rings. The Morgan fingerprint density at radius 1 is 1.04 bits per heavy atom. The van der Waals surface area contributed by atoms with E-state index in [0.29, 0.717) is 6.42 Å². The molecule has 126 valence electrons. The van der Waals surface area contributed by atoms with E-state index >= 15 is 0 Å². The predicted molar refractivity (Wildman–Crippen MR) is 103 cm³/mol. The smallest absolute Gasteiger partial charge is 0.305 e. The molecule has 0 saturated carbocycles. The highest BCUT2D eigenvalue weighted by molar-refractivity contribution is 8.00. The number of hydrogen-bond acceptors (Lipinski definition) is 4. The molecule has 0 unspecified atom stereocenters. The molecule has 0 fully saturated rings. The molecule has 0 amide bonds. The summed E-state index contributed by atoms with van der Waals surface area (Å²) in [5, 5.41) is 1.09. The summed E-state index contributed by atoms with van der Waals surface area (Å²) < 4.78 is 0. The number of carbonyl (C=O) groups is 1. The molecule has 2 heterocycles. The fourth-order valence-corrected chi connectivity index (χ4v) is 5.75. The normalized spacial score (nSPS) is 19.4. The van der Waals surface area contributed by atoms with Crippen molar-refractivity contribution in [2.24, 2.45) is 0 Å². The maximum atomic E-state index is 12.6. The summed E-state index contributed by atoms with van der Waals surface area (Å²) >= 11 is 2.93. The first kappa shape index (κ1) is 16.4. The molecule has 0 saturated heterocycles.